The van der Waals surface area contributed by atoms with E-state index in [0.717, 1.165) is 10.1 Å². The molecule has 0 spiro atoms. The van der Waals surface area contributed by atoms with Crippen molar-refractivity contribution >= 4 is 38.9 Å². The number of rotatable bonds is 5. The van der Waals surface area contributed by atoms with Gasteiger partial charge >= 0.3 is 0 Å². The smallest absolute Gasteiger partial charge is 0.264 e. The molecule has 0 aliphatic carbocycles. The van der Waals surface area contributed by atoms with Crippen LogP contribution in [0.2, 0.25) is 0 Å². The minimum Gasteiger partial charge on any atom is -0.399 e. The number of nitrogens with two attached hydrogens (primary N) is 1. The quantitative estimate of drug-likeness (QED) is 0.830. The van der Waals surface area contributed by atoms with Gasteiger partial charge in [-0.15, -0.1) is 11.3 Å². The second kappa shape index (κ2) is 6.58. The van der Waals surface area contributed by atoms with E-state index in [9.17, 15) is 9.59 Å². The van der Waals surface area contributed by atoms with Gasteiger partial charge in [0, 0.05) is 23.5 Å². The Morgan fingerprint density at radius 2 is 2.05 bits per heavy atom. The Morgan fingerprint density at radius 1 is 1.29 bits per heavy atom. The summed E-state index contributed by atoms with van der Waals surface area (Å²) in [6.45, 7) is 4.85. The topological polar surface area (TPSA) is 75.4 Å². The van der Waals surface area contributed by atoms with Crippen LogP contribution in [0.15, 0.2) is 24.3 Å². The molecule has 0 saturated heterocycles. The van der Waals surface area contributed by atoms with Crippen LogP contribution in [0, 0.1) is 0 Å². The third kappa shape index (κ3) is 3.52. The molecule has 6 heteroatoms. The standard InChI is InChI=1S/C15H19N3O2S/c1-3-17-14(19)9-18(4-2)15(20)13-8-10-7-11(16)5-6-12(10)21-13/h5-8H,3-4,9,16H2,1-2H3,(H,17,19). The van der Waals surface area contributed by atoms with Gasteiger partial charge in [0.05, 0.1) is 11.4 Å². The zero-order chi connectivity index (χ0) is 15.4. The molecule has 1 heterocycles. The van der Waals surface area contributed by atoms with Crippen LogP contribution in [0.1, 0.15) is 23.5 Å². The highest BCUT2D eigenvalue weighted by Crippen LogP contribution is 2.28. The van der Waals surface area contributed by atoms with Crippen LogP contribution in [0.4, 0.5) is 5.69 Å². The molecule has 0 unspecified atom stereocenters. The fourth-order valence-electron chi connectivity index (χ4n) is 2.08. The lowest BCUT2D eigenvalue weighted by molar-refractivity contribution is -0.121. The highest BCUT2D eigenvalue weighted by atomic mass is 32.1. The van der Waals surface area contributed by atoms with Crippen molar-refractivity contribution in [2.24, 2.45) is 0 Å². The monoisotopic (exact) mass is 305 g/mol. The number of thiophene rings is 1. The predicted octanol–water partition coefficient (Wildman–Crippen LogP) is 2.08. The molecule has 1 aromatic heterocycles. The number of hydrogen-bond acceptors (Lipinski definition) is 4. The maximum absolute atomic E-state index is 12.5. The van der Waals surface area contributed by atoms with Crippen molar-refractivity contribution in [2.75, 3.05) is 25.4 Å². The number of nitrogen functional groups attached to an aromatic ring is 1. The van der Waals surface area contributed by atoms with Crippen molar-refractivity contribution in [1.82, 2.24) is 10.2 Å². The van der Waals surface area contributed by atoms with Crippen molar-refractivity contribution in [2.45, 2.75) is 13.8 Å². The number of nitrogens with zero attached hydrogens (tertiary/aromatic N) is 1. The van der Waals surface area contributed by atoms with E-state index in [2.05, 4.69) is 5.32 Å². The number of hydrogen-bond donors (Lipinski definition) is 2. The Balaban J connectivity index is 2.20. The van der Waals surface area contributed by atoms with E-state index in [1.54, 1.807) is 4.90 Å². The molecule has 0 aliphatic rings. The third-order valence-electron chi connectivity index (χ3n) is 3.13. The van der Waals surface area contributed by atoms with Gasteiger partial charge in [-0.25, -0.2) is 0 Å². The number of amides is 2. The van der Waals surface area contributed by atoms with Crippen molar-refractivity contribution < 1.29 is 9.59 Å². The molecule has 0 saturated carbocycles. The molecule has 2 amide bonds. The molecule has 0 aliphatic heterocycles. The average molecular weight is 305 g/mol. The van der Waals surface area contributed by atoms with Gasteiger partial charge < -0.3 is 16.0 Å². The lowest BCUT2D eigenvalue weighted by Gasteiger charge is -2.19. The van der Waals surface area contributed by atoms with Crippen LogP contribution >= 0.6 is 11.3 Å². The van der Waals surface area contributed by atoms with E-state index < -0.39 is 0 Å². The second-order valence-corrected chi connectivity index (χ2v) is 5.76. The first-order valence-electron chi connectivity index (χ1n) is 6.90. The summed E-state index contributed by atoms with van der Waals surface area (Å²) in [6.07, 6.45) is 0. The first kappa shape index (κ1) is 15.3. The van der Waals surface area contributed by atoms with Gasteiger partial charge in [-0.2, -0.15) is 0 Å². The summed E-state index contributed by atoms with van der Waals surface area (Å²) >= 11 is 1.42. The predicted molar refractivity (Wildman–Crippen MR) is 86.5 cm³/mol. The Labute approximate surface area is 127 Å². The Morgan fingerprint density at radius 3 is 2.71 bits per heavy atom. The third-order valence-corrected chi connectivity index (χ3v) is 4.23. The molecule has 2 aromatic rings. The molecule has 1 aromatic carbocycles. The van der Waals surface area contributed by atoms with Gasteiger partial charge in [-0.1, -0.05) is 0 Å². The Kier molecular flexibility index (Phi) is 4.80. The zero-order valence-electron chi connectivity index (χ0n) is 12.2. The molecule has 0 fully saturated rings. The Bertz CT molecular complexity index is 666. The molecular formula is C15H19N3O2S. The minimum absolute atomic E-state index is 0.0829. The molecule has 5 nitrogen and oxygen atoms in total. The fourth-order valence-corrected chi connectivity index (χ4v) is 3.09. The molecule has 0 radical (unpaired) electrons. The van der Waals surface area contributed by atoms with Gasteiger partial charge in [-0.05, 0) is 43.5 Å². The fraction of sp³-hybridized carbons (Fsp3) is 0.333. The number of carbonyl (C=O) groups excluding carboxylic acids is 2. The maximum Gasteiger partial charge on any atom is 0.264 e. The van der Waals surface area contributed by atoms with Gasteiger partial charge in [0.15, 0.2) is 0 Å². The molecule has 21 heavy (non-hydrogen) atoms. The molecule has 0 bridgehead atoms. The van der Waals surface area contributed by atoms with Crippen LogP contribution in [0.25, 0.3) is 10.1 Å². The van der Waals surface area contributed by atoms with E-state index >= 15 is 0 Å². The van der Waals surface area contributed by atoms with E-state index in [4.69, 9.17) is 5.73 Å². The van der Waals surface area contributed by atoms with Gasteiger partial charge in [0.25, 0.3) is 5.91 Å². The summed E-state index contributed by atoms with van der Waals surface area (Å²) < 4.78 is 1.02. The molecular weight excluding hydrogens is 286 g/mol. The van der Waals surface area contributed by atoms with E-state index in [0.29, 0.717) is 23.7 Å². The SMILES string of the molecule is CCNC(=O)CN(CC)C(=O)c1cc2cc(N)ccc2s1. The largest absolute Gasteiger partial charge is 0.399 e. The zero-order valence-corrected chi connectivity index (χ0v) is 13.0. The number of carbonyl (C=O) groups is 2. The summed E-state index contributed by atoms with van der Waals surface area (Å²) in [5.41, 5.74) is 6.43. The summed E-state index contributed by atoms with van der Waals surface area (Å²) in [7, 11) is 0. The molecule has 0 atom stereocenters. The van der Waals surface area contributed by atoms with Crippen LogP contribution in [-0.2, 0) is 4.79 Å². The highest BCUT2D eigenvalue weighted by Gasteiger charge is 2.19. The van der Waals surface area contributed by atoms with Crippen molar-refractivity contribution in [1.29, 1.82) is 0 Å². The number of fused-ring (bicyclic) bond motifs is 1. The maximum atomic E-state index is 12.5. The Hall–Kier alpha value is -2.08. The van der Waals surface area contributed by atoms with E-state index in [-0.39, 0.29) is 18.4 Å². The van der Waals surface area contributed by atoms with Gasteiger partial charge in [-0.3, -0.25) is 9.59 Å². The minimum atomic E-state index is -0.141. The second-order valence-electron chi connectivity index (χ2n) is 4.68. The lowest BCUT2D eigenvalue weighted by atomic mass is 10.2. The lowest BCUT2D eigenvalue weighted by Crippen LogP contribution is -2.40. The summed E-state index contributed by atoms with van der Waals surface area (Å²) in [5.74, 6) is -0.262. The number of likely N-dealkylation sites (N-methyl/N-ethyl adjacent to an activating group) is 2. The van der Waals surface area contributed by atoms with E-state index in [1.165, 1.54) is 11.3 Å². The van der Waals surface area contributed by atoms with Crippen LogP contribution < -0.4 is 11.1 Å². The van der Waals surface area contributed by atoms with Crippen LogP contribution in [0.5, 0.6) is 0 Å². The first-order valence-corrected chi connectivity index (χ1v) is 7.71. The summed E-state index contributed by atoms with van der Waals surface area (Å²) in [4.78, 5) is 26.3. The van der Waals surface area contributed by atoms with Crippen molar-refractivity contribution in [3.8, 4) is 0 Å². The molecule has 3 N–H and O–H groups in total. The number of benzene rings is 1. The average Bonchev–Trinajstić information content (AvgIpc) is 2.87. The normalized spacial score (nSPS) is 10.6. The van der Waals surface area contributed by atoms with Crippen LogP contribution in [-0.4, -0.2) is 36.3 Å². The van der Waals surface area contributed by atoms with Crippen molar-refractivity contribution in [3.05, 3.63) is 29.1 Å². The summed E-state index contributed by atoms with van der Waals surface area (Å²) in [5, 5.41) is 3.66. The highest BCUT2D eigenvalue weighted by molar-refractivity contribution is 7.20. The summed E-state index contributed by atoms with van der Waals surface area (Å²) in [6, 6.07) is 7.41. The van der Waals surface area contributed by atoms with E-state index in [1.807, 2.05) is 38.1 Å². The van der Waals surface area contributed by atoms with Gasteiger partial charge in [0.1, 0.15) is 0 Å². The van der Waals surface area contributed by atoms with Crippen LogP contribution in [0.3, 0.4) is 0 Å². The number of anilines is 1. The molecule has 2 rings (SSSR count). The number of nitrogens with one attached hydrogen (secondary N) is 1. The van der Waals surface area contributed by atoms with Gasteiger partial charge in [0.2, 0.25) is 5.91 Å². The molecule has 112 valence electrons. The first-order chi connectivity index (χ1) is 10.0. The van der Waals surface area contributed by atoms with Crippen molar-refractivity contribution in [3.63, 3.8) is 0 Å².